The van der Waals surface area contributed by atoms with Gasteiger partial charge in [-0.15, -0.1) is 0 Å². The van der Waals surface area contributed by atoms with Gasteiger partial charge in [0, 0.05) is 17.8 Å². The zero-order valence-corrected chi connectivity index (χ0v) is 10.2. The zero-order chi connectivity index (χ0) is 11.8. The van der Waals surface area contributed by atoms with E-state index in [1.54, 1.807) is 0 Å². The van der Waals surface area contributed by atoms with Crippen molar-refractivity contribution in [2.24, 2.45) is 0 Å². The summed E-state index contributed by atoms with van der Waals surface area (Å²) < 4.78 is 0. The summed E-state index contributed by atoms with van der Waals surface area (Å²) in [6, 6.07) is 6.07. The second-order valence-corrected chi connectivity index (χ2v) is 4.18. The maximum Gasteiger partial charge on any atom is 0.0614 e. The van der Waals surface area contributed by atoms with Gasteiger partial charge >= 0.3 is 0 Å². The third kappa shape index (κ3) is 4.15. The van der Waals surface area contributed by atoms with E-state index in [0.717, 1.165) is 25.0 Å². The highest BCUT2D eigenvalue weighted by molar-refractivity contribution is 5.13. The van der Waals surface area contributed by atoms with Crippen molar-refractivity contribution >= 4 is 0 Å². The summed E-state index contributed by atoms with van der Waals surface area (Å²) in [5, 5.41) is 8.86. The minimum Gasteiger partial charge on any atom is -0.392 e. The van der Waals surface area contributed by atoms with Gasteiger partial charge in [-0.2, -0.15) is 0 Å². The van der Waals surface area contributed by atoms with Crippen molar-refractivity contribution in [3.05, 3.63) is 41.7 Å². The van der Waals surface area contributed by atoms with Crippen LogP contribution < -0.4 is 0 Å². The van der Waals surface area contributed by atoms with E-state index < -0.39 is 0 Å². The van der Waals surface area contributed by atoms with Crippen LogP contribution in [-0.4, -0.2) is 16.7 Å². The molecule has 0 bridgehead atoms. The first-order valence-corrected chi connectivity index (χ1v) is 5.95. The Bertz CT molecular complexity index is 319. The first-order chi connectivity index (χ1) is 7.77. The summed E-state index contributed by atoms with van der Waals surface area (Å²) in [4.78, 5) is 4.42. The molecule has 0 aliphatic carbocycles. The lowest BCUT2D eigenvalue weighted by molar-refractivity contribution is 0.341. The zero-order valence-electron chi connectivity index (χ0n) is 10.2. The van der Waals surface area contributed by atoms with E-state index in [1.807, 2.05) is 24.4 Å². The normalized spacial score (nSPS) is 13.8. The monoisotopic (exact) mass is 219 g/mol. The van der Waals surface area contributed by atoms with Gasteiger partial charge in [0.15, 0.2) is 0 Å². The Hall–Kier alpha value is -1.15. The Balaban J connectivity index is 2.72. The van der Waals surface area contributed by atoms with Crippen LogP contribution in [0.4, 0.5) is 0 Å². The molecule has 1 heterocycles. The number of hydrogen-bond acceptors (Lipinski definition) is 2. The molecule has 0 aliphatic rings. The number of rotatable bonds is 6. The number of nitrogens with zero attached hydrogens (tertiary/aromatic N) is 1. The molecule has 16 heavy (non-hydrogen) atoms. The number of aliphatic hydroxyl groups excluding tert-OH is 1. The second kappa shape index (κ2) is 7.18. The maximum atomic E-state index is 8.86. The highest BCUT2D eigenvalue weighted by Gasteiger charge is 2.11. The molecule has 0 radical (unpaired) electrons. The van der Waals surface area contributed by atoms with Gasteiger partial charge in [0.2, 0.25) is 0 Å². The number of pyridine rings is 1. The standard InChI is InChI=1S/C14H21NO/c1-3-6-13(11-12(2)8-10-16)14-7-4-5-9-15-14/h4-5,7-9,13,16H,3,6,10-11H2,1-2H3. The first kappa shape index (κ1) is 12.9. The molecule has 0 saturated heterocycles. The van der Waals surface area contributed by atoms with Gasteiger partial charge in [-0.05, 0) is 31.9 Å². The van der Waals surface area contributed by atoms with E-state index in [9.17, 15) is 0 Å². The van der Waals surface area contributed by atoms with Crippen LogP contribution in [-0.2, 0) is 0 Å². The van der Waals surface area contributed by atoms with Crippen molar-refractivity contribution in [3.63, 3.8) is 0 Å². The van der Waals surface area contributed by atoms with Crippen LogP contribution in [0.3, 0.4) is 0 Å². The van der Waals surface area contributed by atoms with Gasteiger partial charge in [-0.1, -0.05) is 31.1 Å². The second-order valence-electron chi connectivity index (χ2n) is 4.18. The molecule has 0 amide bonds. The SMILES string of the molecule is CCCC(CC(C)=CCO)c1ccccn1. The molecule has 1 aromatic rings. The average molecular weight is 219 g/mol. The Labute approximate surface area is 98.0 Å². The Morgan fingerprint density at radius 2 is 2.31 bits per heavy atom. The molecule has 0 saturated carbocycles. The summed E-state index contributed by atoms with van der Waals surface area (Å²) in [7, 11) is 0. The highest BCUT2D eigenvalue weighted by atomic mass is 16.2. The van der Waals surface area contributed by atoms with Crippen LogP contribution in [0.25, 0.3) is 0 Å². The van der Waals surface area contributed by atoms with Crippen LogP contribution in [0.15, 0.2) is 36.0 Å². The molecule has 1 N–H and O–H groups in total. The van der Waals surface area contributed by atoms with E-state index in [-0.39, 0.29) is 6.61 Å². The van der Waals surface area contributed by atoms with Crippen molar-refractivity contribution in [2.75, 3.05) is 6.61 Å². The predicted molar refractivity (Wildman–Crippen MR) is 67.3 cm³/mol. The molecule has 88 valence electrons. The van der Waals surface area contributed by atoms with Crippen molar-refractivity contribution < 1.29 is 5.11 Å². The number of aliphatic hydroxyl groups is 1. The van der Waals surface area contributed by atoms with Crippen LogP contribution >= 0.6 is 0 Å². The van der Waals surface area contributed by atoms with Gasteiger partial charge in [0.1, 0.15) is 0 Å². The topological polar surface area (TPSA) is 33.1 Å². The number of hydrogen-bond donors (Lipinski definition) is 1. The summed E-state index contributed by atoms with van der Waals surface area (Å²) in [6.07, 6.45) is 7.03. The van der Waals surface area contributed by atoms with Gasteiger partial charge in [0.05, 0.1) is 6.61 Å². The molecule has 2 nitrogen and oxygen atoms in total. The van der Waals surface area contributed by atoms with Crippen molar-refractivity contribution in [3.8, 4) is 0 Å². The molecule has 0 aliphatic heterocycles. The predicted octanol–water partition coefficient (Wildman–Crippen LogP) is 3.29. The van der Waals surface area contributed by atoms with Gasteiger partial charge in [-0.3, -0.25) is 4.98 Å². The van der Waals surface area contributed by atoms with Crippen molar-refractivity contribution in [1.82, 2.24) is 4.98 Å². The van der Waals surface area contributed by atoms with Crippen LogP contribution in [0.2, 0.25) is 0 Å². The Morgan fingerprint density at radius 3 is 2.88 bits per heavy atom. The molecule has 0 spiro atoms. The molecule has 1 aromatic heterocycles. The average Bonchev–Trinajstić information content (AvgIpc) is 2.30. The fraction of sp³-hybridized carbons (Fsp3) is 0.500. The van der Waals surface area contributed by atoms with Crippen LogP contribution in [0.1, 0.15) is 44.7 Å². The molecule has 2 heteroatoms. The van der Waals surface area contributed by atoms with E-state index in [2.05, 4.69) is 24.9 Å². The number of aromatic nitrogens is 1. The fourth-order valence-corrected chi connectivity index (χ4v) is 1.95. The Morgan fingerprint density at radius 1 is 1.50 bits per heavy atom. The molecular formula is C14H21NO. The lowest BCUT2D eigenvalue weighted by Crippen LogP contribution is -2.02. The Kier molecular flexibility index (Phi) is 5.79. The lowest BCUT2D eigenvalue weighted by Gasteiger charge is -2.15. The van der Waals surface area contributed by atoms with Crippen molar-refractivity contribution in [2.45, 2.75) is 39.0 Å². The third-order valence-corrected chi connectivity index (χ3v) is 2.75. The minimum atomic E-state index is 0.132. The van der Waals surface area contributed by atoms with Gasteiger partial charge in [0.25, 0.3) is 0 Å². The molecule has 0 aromatic carbocycles. The summed E-state index contributed by atoms with van der Waals surface area (Å²) >= 11 is 0. The lowest BCUT2D eigenvalue weighted by atomic mass is 9.92. The summed E-state index contributed by atoms with van der Waals surface area (Å²) in [5.41, 5.74) is 2.40. The van der Waals surface area contributed by atoms with E-state index in [4.69, 9.17) is 5.11 Å². The van der Waals surface area contributed by atoms with E-state index in [0.29, 0.717) is 5.92 Å². The fourth-order valence-electron chi connectivity index (χ4n) is 1.95. The molecular weight excluding hydrogens is 198 g/mol. The molecule has 1 unspecified atom stereocenters. The molecule has 1 atom stereocenters. The van der Waals surface area contributed by atoms with Crippen LogP contribution in [0, 0.1) is 0 Å². The van der Waals surface area contributed by atoms with Crippen molar-refractivity contribution in [1.29, 1.82) is 0 Å². The quantitative estimate of drug-likeness (QED) is 0.745. The summed E-state index contributed by atoms with van der Waals surface area (Å²) in [6.45, 7) is 4.40. The third-order valence-electron chi connectivity index (χ3n) is 2.75. The minimum absolute atomic E-state index is 0.132. The first-order valence-electron chi connectivity index (χ1n) is 5.95. The molecule has 1 rings (SSSR count). The highest BCUT2D eigenvalue weighted by Crippen LogP contribution is 2.26. The number of allylic oxidation sites excluding steroid dienone is 1. The van der Waals surface area contributed by atoms with Gasteiger partial charge in [-0.25, -0.2) is 0 Å². The van der Waals surface area contributed by atoms with E-state index in [1.165, 1.54) is 5.57 Å². The van der Waals surface area contributed by atoms with E-state index >= 15 is 0 Å². The molecule has 0 fully saturated rings. The van der Waals surface area contributed by atoms with Crippen LogP contribution in [0.5, 0.6) is 0 Å². The maximum absolute atomic E-state index is 8.86. The summed E-state index contributed by atoms with van der Waals surface area (Å²) in [5.74, 6) is 0.481. The largest absolute Gasteiger partial charge is 0.392 e. The van der Waals surface area contributed by atoms with Gasteiger partial charge < -0.3 is 5.11 Å². The smallest absolute Gasteiger partial charge is 0.0614 e.